The molecule has 0 aliphatic carbocycles. The van der Waals surface area contributed by atoms with Gasteiger partial charge in [-0.3, -0.25) is 14.9 Å². The third-order valence-corrected chi connectivity index (χ3v) is 3.47. The predicted molar refractivity (Wildman–Crippen MR) is 79.8 cm³/mol. The van der Waals surface area contributed by atoms with Crippen LogP contribution >= 0.6 is 27.5 Å². The van der Waals surface area contributed by atoms with Crippen molar-refractivity contribution in [1.29, 1.82) is 0 Å². The number of nitrogens with zero attached hydrogens (tertiary/aromatic N) is 2. The van der Waals surface area contributed by atoms with Crippen molar-refractivity contribution in [3.63, 3.8) is 0 Å². The Morgan fingerprint density at radius 1 is 1.48 bits per heavy atom. The normalized spacial score (nSPS) is 10.2. The third kappa shape index (κ3) is 3.56. The van der Waals surface area contributed by atoms with E-state index in [4.69, 9.17) is 16.3 Å². The van der Waals surface area contributed by atoms with E-state index in [2.05, 4.69) is 20.9 Å². The smallest absolute Gasteiger partial charge is 0.288 e. The Morgan fingerprint density at radius 2 is 2.24 bits per heavy atom. The fourth-order valence-corrected chi connectivity index (χ4v) is 2.17. The van der Waals surface area contributed by atoms with Gasteiger partial charge in [0.1, 0.15) is 23.1 Å². The summed E-state index contributed by atoms with van der Waals surface area (Å²) in [5.41, 5.74) is 0.392. The van der Waals surface area contributed by atoms with Gasteiger partial charge in [-0.15, -0.1) is 0 Å². The molecule has 1 heterocycles. The van der Waals surface area contributed by atoms with Crippen molar-refractivity contribution < 1.29 is 14.5 Å². The number of nitro groups is 1. The first kappa shape index (κ1) is 15.4. The number of hydrogen-bond donors (Lipinski definition) is 0. The quantitative estimate of drug-likeness (QED) is 0.453. The molecule has 1 aromatic heterocycles. The van der Waals surface area contributed by atoms with Crippen LogP contribution in [0, 0.1) is 10.1 Å². The molecule has 6 nitrogen and oxygen atoms in total. The van der Waals surface area contributed by atoms with Crippen molar-refractivity contribution in [3.05, 3.63) is 61.3 Å². The van der Waals surface area contributed by atoms with Crippen molar-refractivity contribution in [1.82, 2.24) is 4.98 Å². The molecule has 0 fully saturated rings. The maximum absolute atomic E-state index is 10.9. The molecule has 0 N–H and O–H groups in total. The second-order valence-corrected chi connectivity index (χ2v) is 5.24. The summed E-state index contributed by atoms with van der Waals surface area (Å²) in [5, 5.41) is 10.8. The molecule has 0 radical (unpaired) electrons. The van der Waals surface area contributed by atoms with Crippen molar-refractivity contribution in [2.24, 2.45) is 0 Å². The number of carbonyl (C=O) groups is 1. The van der Waals surface area contributed by atoms with E-state index >= 15 is 0 Å². The minimum Gasteiger partial charge on any atom is -0.486 e. The molecule has 0 amide bonds. The summed E-state index contributed by atoms with van der Waals surface area (Å²) < 4.78 is 6.13. The molecule has 2 aromatic rings. The minimum absolute atomic E-state index is 0.0121. The number of aromatic nitrogens is 1. The lowest BCUT2D eigenvalue weighted by atomic mass is 10.2. The number of aldehydes is 1. The van der Waals surface area contributed by atoms with Crippen molar-refractivity contribution >= 4 is 39.5 Å². The monoisotopic (exact) mass is 370 g/mol. The molecule has 0 saturated heterocycles. The lowest BCUT2D eigenvalue weighted by molar-refractivity contribution is -0.384. The standard InChI is InChI=1S/C13H8BrClN2O4/c14-9-4-12(10(6-18)16-5-9)21-7-8-2-1-3-11(13(8)15)17(19)20/h1-6H,7H2. The van der Waals surface area contributed by atoms with Gasteiger partial charge in [0.05, 0.1) is 4.92 Å². The molecular formula is C13H8BrClN2O4. The Labute approximate surface area is 133 Å². The number of benzene rings is 1. The van der Waals surface area contributed by atoms with Gasteiger partial charge in [-0.2, -0.15) is 0 Å². The summed E-state index contributed by atoms with van der Waals surface area (Å²) in [6.45, 7) is -0.0144. The Hall–Kier alpha value is -1.99. The van der Waals surface area contributed by atoms with Crippen LogP contribution in [0.4, 0.5) is 5.69 Å². The van der Waals surface area contributed by atoms with E-state index in [1.165, 1.54) is 18.3 Å². The van der Waals surface area contributed by atoms with Crippen LogP contribution in [0.5, 0.6) is 5.75 Å². The van der Waals surface area contributed by atoms with E-state index in [1.807, 2.05) is 0 Å². The fraction of sp³-hybridized carbons (Fsp3) is 0.0769. The molecule has 0 bridgehead atoms. The van der Waals surface area contributed by atoms with Crippen molar-refractivity contribution in [2.45, 2.75) is 6.61 Å². The first-order chi connectivity index (χ1) is 10.0. The number of nitro benzene ring substituents is 1. The zero-order chi connectivity index (χ0) is 15.4. The zero-order valence-corrected chi connectivity index (χ0v) is 12.8. The van der Waals surface area contributed by atoms with Gasteiger partial charge in [0.25, 0.3) is 5.69 Å². The average Bonchev–Trinajstić information content (AvgIpc) is 2.46. The van der Waals surface area contributed by atoms with Gasteiger partial charge < -0.3 is 4.74 Å². The van der Waals surface area contributed by atoms with E-state index in [0.29, 0.717) is 16.3 Å². The first-order valence-corrected chi connectivity index (χ1v) is 6.85. The van der Waals surface area contributed by atoms with E-state index in [0.717, 1.165) is 0 Å². The summed E-state index contributed by atoms with van der Waals surface area (Å²) in [4.78, 5) is 25.0. The summed E-state index contributed by atoms with van der Waals surface area (Å²) in [5.74, 6) is 0.266. The summed E-state index contributed by atoms with van der Waals surface area (Å²) >= 11 is 9.18. The number of hydrogen-bond acceptors (Lipinski definition) is 5. The fourth-order valence-electron chi connectivity index (χ4n) is 1.61. The Bertz CT molecular complexity index is 709. The lowest BCUT2D eigenvalue weighted by Crippen LogP contribution is -2.02. The van der Waals surface area contributed by atoms with Crippen LogP contribution in [0.3, 0.4) is 0 Å². The zero-order valence-electron chi connectivity index (χ0n) is 10.5. The molecular weight excluding hydrogens is 364 g/mol. The second kappa shape index (κ2) is 6.64. The van der Waals surface area contributed by atoms with Gasteiger partial charge in [0.2, 0.25) is 0 Å². The largest absolute Gasteiger partial charge is 0.486 e. The highest BCUT2D eigenvalue weighted by atomic mass is 79.9. The van der Waals surface area contributed by atoms with Crippen LogP contribution in [-0.2, 0) is 6.61 Å². The molecule has 2 rings (SSSR count). The summed E-state index contributed by atoms with van der Waals surface area (Å²) in [7, 11) is 0. The molecule has 108 valence electrons. The predicted octanol–water partition coefficient (Wildman–Crippen LogP) is 3.80. The van der Waals surface area contributed by atoms with Crippen LogP contribution in [0.15, 0.2) is 34.9 Å². The first-order valence-electron chi connectivity index (χ1n) is 5.68. The minimum atomic E-state index is -0.566. The Kier molecular flexibility index (Phi) is 4.87. The second-order valence-electron chi connectivity index (χ2n) is 3.95. The highest BCUT2D eigenvalue weighted by Gasteiger charge is 2.16. The number of ether oxygens (including phenoxy) is 1. The molecule has 0 saturated carbocycles. The average molecular weight is 372 g/mol. The van der Waals surface area contributed by atoms with Gasteiger partial charge in [-0.25, -0.2) is 4.98 Å². The van der Waals surface area contributed by atoms with Crippen LogP contribution in [0.1, 0.15) is 16.1 Å². The van der Waals surface area contributed by atoms with Gasteiger partial charge in [-0.05, 0) is 22.0 Å². The van der Waals surface area contributed by atoms with Crippen LogP contribution < -0.4 is 4.74 Å². The lowest BCUT2D eigenvalue weighted by Gasteiger charge is -2.09. The molecule has 0 aliphatic rings. The highest BCUT2D eigenvalue weighted by molar-refractivity contribution is 9.10. The molecule has 0 aliphatic heterocycles. The third-order valence-electron chi connectivity index (χ3n) is 2.60. The molecule has 1 aromatic carbocycles. The molecule has 0 atom stereocenters. The van der Waals surface area contributed by atoms with E-state index in [9.17, 15) is 14.9 Å². The van der Waals surface area contributed by atoms with Gasteiger partial charge in [0.15, 0.2) is 6.29 Å². The summed E-state index contributed by atoms with van der Waals surface area (Å²) in [6.07, 6.45) is 2.04. The number of carbonyl (C=O) groups excluding carboxylic acids is 1. The molecule has 0 unspecified atom stereocenters. The van der Waals surface area contributed by atoms with Crippen molar-refractivity contribution in [2.75, 3.05) is 0 Å². The highest BCUT2D eigenvalue weighted by Crippen LogP contribution is 2.29. The number of halogens is 2. The van der Waals surface area contributed by atoms with Gasteiger partial charge in [-0.1, -0.05) is 23.7 Å². The maximum atomic E-state index is 10.9. The molecule has 0 spiro atoms. The SMILES string of the molecule is O=Cc1ncc(Br)cc1OCc1cccc([N+](=O)[O-])c1Cl. The van der Waals surface area contributed by atoms with Gasteiger partial charge >= 0.3 is 0 Å². The topological polar surface area (TPSA) is 82.3 Å². The van der Waals surface area contributed by atoms with Gasteiger partial charge in [0, 0.05) is 22.3 Å². The van der Waals surface area contributed by atoms with E-state index in [1.54, 1.807) is 12.1 Å². The van der Waals surface area contributed by atoms with Crippen LogP contribution in [0.2, 0.25) is 5.02 Å². The van der Waals surface area contributed by atoms with E-state index in [-0.39, 0.29) is 28.8 Å². The Morgan fingerprint density at radius 3 is 2.90 bits per heavy atom. The maximum Gasteiger partial charge on any atom is 0.288 e. The number of pyridine rings is 1. The van der Waals surface area contributed by atoms with Crippen LogP contribution in [-0.4, -0.2) is 16.2 Å². The van der Waals surface area contributed by atoms with Crippen LogP contribution in [0.25, 0.3) is 0 Å². The summed E-state index contributed by atoms with van der Waals surface area (Å²) in [6, 6.07) is 6.02. The number of rotatable bonds is 5. The Balaban J connectivity index is 2.25. The van der Waals surface area contributed by atoms with E-state index < -0.39 is 4.92 Å². The molecule has 21 heavy (non-hydrogen) atoms. The molecule has 8 heteroatoms. The van der Waals surface area contributed by atoms with Crippen molar-refractivity contribution in [3.8, 4) is 5.75 Å².